The third kappa shape index (κ3) is 1.09. The van der Waals surface area contributed by atoms with Crippen molar-refractivity contribution in [2.24, 2.45) is 0 Å². The first-order chi connectivity index (χ1) is 6.95. The molecule has 1 saturated heterocycles. The highest BCUT2D eigenvalue weighted by atomic mass is 15.3. The summed E-state index contributed by atoms with van der Waals surface area (Å²) in [5.74, 6) is 0. The zero-order valence-electron chi connectivity index (χ0n) is 7.96. The van der Waals surface area contributed by atoms with E-state index in [0.717, 1.165) is 19.8 Å². The number of benzene rings is 1. The maximum absolute atomic E-state index is 3.34. The SMILES string of the molecule is c1ccc2c(N3CCNC3)c[nH]c2c1. The number of aromatic nitrogens is 1. The maximum atomic E-state index is 3.34. The Kier molecular flexibility index (Phi) is 1.70. The van der Waals surface area contributed by atoms with Crippen LogP contribution in [0.15, 0.2) is 30.5 Å². The van der Waals surface area contributed by atoms with Crippen LogP contribution in [0.3, 0.4) is 0 Å². The highest BCUT2D eigenvalue weighted by Crippen LogP contribution is 2.26. The standard InChI is InChI=1S/C11H13N3/c1-2-4-10-9(3-1)11(7-13-10)14-6-5-12-8-14/h1-4,7,12-13H,5-6,8H2. The third-order valence-corrected chi connectivity index (χ3v) is 2.77. The Morgan fingerprint density at radius 2 is 2.14 bits per heavy atom. The van der Waals surface area contributed by atoms with Gasteiger partial charge in [0.15, 0.2) is 0 Å². The van der Waals surface area contributed by atoms with E-state index < -0.39 is 0 Å². The lowest BCUT2D eigenvalue weighted by Crippen LogP contribution is -2.20. The molecule has 14 heavy (non-hydrogen) atoms. The van der Waals surface area contributed by atoms with E-state index >= 15 is 0 Å². The third-order valence-electron chi connectivity index (χ3n) is 2.77. The molecule has 0 bridgehead atoms. The number of anilines is 1. The summed E-state index contributed by atoms with van der Waals surface area (Å²) in [7, 11) is 0. The zero-order chi connectivity index (χ0) is 9.38. The molecule has 3 nitrogen and oxygen atoms in total. The first-order valence-corrected chi connectivity index (χ1v) is 4.97. The first kappa shape index (κ1) is 7.88. The van der Waals surface area contributed by atoms with Crippen LogP contribution in [0.4, 0.5) is 5.69 Å². The largest absolute Gasteiger partial charge is 0.359 e. The lowest BCUT2D eigenvalue weighted by atomic mass is 10.2. The van der Waals surface area contributed by atoms with Gasteiger partial charge >= 0.3 is 0 Å². The van der Waals surface area contributed by atoms with Crippen molar-refractivity contribution in [2.45, 2.75) is 0 Å². The van der Waals surface area contributed by atoms with Crippen LogP contribution in [0.2, 0.25) is 0 Å². The van der Waals surface area contributed by atoms with Crippen LogP contribution in [0.25, 0.3) is 10.9 Å². The Morgan fingerprint density at radius 3 is 3.00 bits per heavy atom. The van der Waals surface area contributed by atoms with Gasteiger partial charge in [-0.25, -0.2) is 0 Å². The number of nitrogens with zero attached hydrogens (tertiary/aromatic N) is 1. The second-order valence-corrected chi connectivity index (χ2v) is 3.64. The Labute approximate surface area is 82.7 Å². The molecule has 0 amide bonds. The summed E-state index contributed by atoms with van der Waals surface area (Å²) in [6, 6.07) is 8.43. The van der Waals surface area contributed by atoms with Crippen LogP contribution < -0.4 is 10.2 Å². The van der Waals surface area contributed by atoms with Gasteiger partial charge in [0.25, 0.3) is 0 Å². The van der Waals surface area contributed by atoms with Gasteiger partial charge in [-0.15, -0.1) is 0 Å². The predicted octanol–water partition coefficient (Wildman–Crippen LogP) is 1.53. The summed E-state index contributed by atoms with van der Waals surface area (Å²) in [5, 5.41) is 4.65. The van der Waals surface area contributed by atoms with Crippen molar-refractivity contribution in [3.63, 3.8) is 0 Å². The summed E-state index contributed by atoms with van der Waals surface area (Å²) in [4.78, 5) is 5.66. The van der Waals surface area contributed by atoms with Crippen LogP contribution in [0.5, 0.6) is 0 Å². The minimum atomic E-state index is 0.960. The van der Waals surface area contributed by atoms with Crippen molar-refractivity contribution >= 4 is 16.6 Å². The summed E-state index contributed by atoms with van der Waals surface area (Å²) in [5.41, 5.74) is 2.53. The molecular weight excluding hydrogens is 174 g/mol. The molecule has 3 heteroatoms. The Bertz CT molecular complexity index is 440. The van der Waals surface area contributed by atoms with Crippen molar-refractivity contribution in [2.75, 3.05) is 24.7 Å². The van der Waals surface area contributed by atoms with Crippen LogP contribution >= 0.6 is 0 Å². The van der Waals surface area contributed by atoms with Crippen LogP contribution in [0.1, 0.15) is 0 Å². The van der Waals surface area contributed by atoms with Crippen molar-refractivity contribution in [3.8, 4) is 0 Å². The fourth-order valence-electron chi connectivity index (χ4n) is 2.03. The fraction of sp³-hybridized carbons (Fsp3) is 0.273. The molecule has 2 N–H and O–H groups in total. The molecule has 1 aromatic heterocycles. The van der Waals surface area contributed by atoms with Gasteiger partial charge in [-0.1, -0.05) is 18.2 Å². The average Bonchev–Trinajstić information content (AvgIpc) is 2.85. The topological polar surface area (TPSA) is 31.1 Å². The number of hydrogen-bond donors (Lipinski definition) is 2. The maximum Gasteiger partial charge on any atom is 0.0683 e. The van der Waals surface area contributed by atoms with E-state index in [1.807, 2.05) is 0 Å². The second-order valence-electron chi connectivity index (χ2n) is 3.64. The zero-order valence-corrected chi connectivity index (χ0v) is 7.96. The van der Waals surface area contributed by atoms with E-state index in [1.165, 1.54) is 16.6 Å². The molecule has 0 saturated carbocycles. The molecule has 0 radical (unpaired) electrons. The van der Waals surface area contributed by atoms with E-state index in [9.17, 15) is 0 Å². The second kappa shape index (κ2) is 3.03. The van der Waals surface area contributed by atoms with Gasteiger partial charge in [0, 0.05) is 30.2 Å². The Morgan fingerprint density at radius 1 is 1.21 bits per heavy atom. The Hall–Kier alpha value is -1.48. The smallest absolute Gasteiger partial charge is 0.0683 e. The minimum Gasteiger partial charge on any atom is -0.359 e. The van der Waals surface area contributed by atoms with E-state index in [-0.39, 0.29) is 0 Å². The number of aromatic amines is 1. The molecular formula is C11H13N3. The fourth-order valence-corrected chi connectivity index (χ4v) is 2.03. The van der Waals surface area contributed by atoms with Crippen molar-refractivity contribution in [3.05, 3.63) is 30.5 Å². The average molecular weight is 187 g/mol. The minimum absolute atomic E-state index is 0.960. The molecule has 2 heterocycles. The number of nitrogens with one attached hydrogen (secondary N) is 2. The van der Waals surface area contributed by atoms with Gasteiger partial charge < -0.3 is 9.88 Å². The highest BCUT2D eigenvalue weighted by Gasteiger charge is 2.14. The van der Waals surface area contributed by atoms with Gasteiger partial charge in [-0.2, -0.15) is 0 Å². The molecule has 1 aliphatic rings. The van der Waals surface area contributed by atoms with Gasteiger partial charge in [-0.3, -0.25) is 5.32 Å². The molecule has 1 aromatic carbocycles. The number of hydrogen-bond acceptors (Lipinski definition) is 2. The molecule has 0 aliphatic carbocycles. The van der Waals surface area contributed by atoms with Crippen LogP contribution in [-0.2, 0) is 0 Å². The van der Waals surface area contributed by atoms with E-state index in [0.29, 0.717) is 0 Å². The highest BCUT2D eigenvalue weighted by molar-refractivity contribution is 5.92. The number of fused-ring (bicyclic) bond motifs is 1. The van der Waals surface area contributed by atoms with Crippen LogP contribution in [0, 0.1) is 0 Å². The molecule has 0 unspecified atom stereocenters. The van der Waals surface area contributed by atoms with Gasteiger partial charge in [-0.05, 0) is 6.07 Å². The number of para-hydroxylation sites is 1. The summed E-state index contributed by atoms with van der Waals surface area (Å²) in [6.07, 6.45) is 2.09. The van der Waals surface area contributed by atoms with Crippen molar-refractivity contribution in [1.29, 1.82) is 0 Å². The van der Waals surface area contributed by atoms with Gasteiger partial charge in [0.2, 0.25) is 0 Å². The lowest BCUT2D eigenvalue weighted by Gasteiger charge is -2.14. The van der Waals surface area contributed by atoms with Crippen molar-refractivity contribution < 1.29 is 0 Å². The molecule has 0 atom stereocenters. The normalized spacial score (nSPS) is 16.7. The van der Waals surface area contributed by atoms with Gasteiger partial charge in [0.05, 0.1) is 12.4 Å². The number of rotatable bonds is 1. The van der Waals surface area contributed by atoms with E-state index in [1.54, 1.807) is 0 Å². The number of H-pyrrole nitrogens is 1. The van der Waals surface area contributed by atoms with E-state index in [4.69, 9.17) is 0 Å². The molecule has 72 valence electrons. The van der Waals surface area contributed by atoms with Gasteiger partial charge in [0.1, 0.15) is 0 Å². The van der Waals surface area contributed by atoms with Crippen molar-refractivity contribution in [1.82, 2.24) is 10.3 Å². The summed E-state index contributed by atoms with van der Waals surface area (Å²) < 4.78 is 0. The first-order valence-electron chi connectivity index (χ1n) is 4.97. The predicted molar refractivity (Wildman–Crippen MR) is 58.5 cm³/mol. The molecule has 2 aromatic rings. The molecule has 0 spiro atoms. The van der Waals surface area contributed by atoms with Crippen LogP contribution in [-0.4, -0.2) is 24.7 Å². The lowest BCUT2D eigenvalue weighted by molar-refractivity contribution is 0.856. The summed E-state index contributed by atoms with van der Waals surface area (Å²) in [6.45, 7) is 3.14. The monoisotopic (exact) mass is 187 g/mol. The quantitative estimate of drug-likeness (QED) is 0.709. The summed E-state index contributed by atoms with van der Waals surface area (Å²) >= 11 is 0. The molecule has 3 rings (SSSR count). The molecule has 1 aliphatic heterocycles. The Balaban J connectivity index is 2.11. The molecule has 1 fully saturated rings. The van der Waals surface area contributed by atoms with E-state index in [2.05, 4.69) is 45.7 Å².